The first-order valence-electron chi connectivity index (χ1n) is 11.3. The normalized spacial score (nSPS) is 28.5. The number of amides is 1. The Bertz CT molecular complexity index is 670. The lowest BCUT2D eigenvalue weighted by Gasteiger charge is -2.48. The summed E-state index contributed by atoms with van der Waals surface area (Å²) in [6.45, 7) is 9.95. The number of piperidine rings is 1. The lowest BCUT2D eigenvalue weighted by atomic mass is 9.68. The van der Waals surface area contributed by atoms with Gasteiger partial charge in [-0.1, -0.05) is 45.4 Å². The highest BCUT2D eigenvalue weighted by atomic mass is 16.2. The summed E-state index contributed by atoms with van der Waals surface area (Å²) in [5, 5.41) is 3.12. The van der Waals surface area contributed by atoms with Gasteiger partial charge in [-0.05, 0) is 62.0 Å². The highest BCUT2D eigenvalue weighted by Gasteiger charge is 2.51. The molecule has 0 bridgehead atoms. The summed E-state index contributed by atoms with van der Waals surface area (Å²) in [4.78, 5) is 17.8. The molecule has 2 heterocycles. The van der Waals surface area contributed by atoms with Crippen molar-refractivity contribution in [2.45, 2.75) is 77.3 Å². The van der Waals surface area contributed by atoms with Gasteiger partial charge in [0, 0.05) is 24.8 Å². The molecule has 0 aromatic heterocycles. The molecule has 3 aliphatic rings. The van der Waals surface area contributed by atoms with E-state index in [4.69, 9.17) is 0 Å². The zero-order chi connectivity index (χ0) is 19.8. The average molecular weight is 384 g/mol. The van der Waals surface area contributed by atoms with Crippen LogP contribution in [0.1, 0.15) is 65.7 Å². The van der Waals surface area contributed by atoms with Crippen LogP contribution >= 0.6 is 0 Å². The average Bonchev–Trinajstić information content (AvgIpc) is 3.05. The number of rotatable bonds is 4. The zero-order valence-electron chi connectivity index (χ0n) is 17.9. The maximum absolute atomic E-state index is 12.8. The van der Waals surface area contributed by atoms with E-state index in [1.165, 1.54) is 32.1 Å². The largest absolute Gasteiger partial charge is 0.339 e. The number of carbonyl (C=O) groups excluding carboxylic acids is 1. The van der Waals surface area contributed by atoms with Gasteiger partial charge in [-0.15, -0.1) is 0 Å². The van der Waals surface area contributed by atoms with Crippen molar-refractivity contribution in [3.05, 3.63) is 30.3 Å². The fourth-order valence-electron chi connectivity index (χ4n) is 5.80. The van der Waals surface area contributed by atoms with E-state index in [1.807, 2.05) is 6.07 Å². The van der Waals surface area contributed by atoms with Crippen molar-refractivity contribution in [3.8, 4) is 0 Å². The lowest BCUT2D eigenvalue weighted by Crippen LogP contribution is -2.58. The topological polar surface area (TPSA) is 35.6 Å². The predicted octanol–water partition coefficient (Wildman–Crippen LogP) is 4.41. The number of anilines is 1. The molecule has 1 saturated carbocycles. The Kier molecular flexibility index (Phi) is 5.43. The number of hydrogen-bond acceptors (Lipinski definition) is 3. The van der Waals surface area contributed by atoms with E-state index >= 15 is 0 Å². The van der Waals surface area contributed by atoms with Gasteiger partial charge in [-0.25, -0.2) is 0 Å². The second kappa shape index (κ2) is 7.70. The monoisotopic (exact) mass is 383 g/mol. The molecule has 3 fully saturated rings. The van der Waals surface area contributed by atoms with Gasteiger partial charge in [0.05, 0.1) is 6.67 Å². The third-order valence-corrected chi connectivity index (χ3v) is 8.26. The fourth-order valence-corrected chi connectivity index (χ4v) is 5.80. The molecule has 2 saturated heterocycles. The molecule has 0 unspecified atom stereocenters. The van der Waals surface area contributed by atoms with Crippen molar-refractivity contribution in [3.63, 3.8) is 0 Å². The second-order valence-electron chi connectivity index (χ2n) is 9.84. The van der Waals surface area contributed by atoms with Crippen molar-refractivity contribution >= 4 is 11.6 Å². The third-order valence-electron chi connectivity index (χ3n) is 8.26. The minimum atomic E-state index is -0.348. The van der Waals surface area contributed by atoms with Crippen LogP contribution in [-0.2, 0) is 4.79 Å². The van der Waals surface area contributed by atoms with Crippen LogP contribution in [0.5, 0.6) is 0 Å². The minimum absolute atomic E-state index is 0.226. The summed E-state index contributed by atoms with van der Waals surface area (Å²) in [5.74, 6) is 1.10. The fraction of sp³-hybridized carbons (Fsp3) is 0.708. The summed E-state index contributed by atoms with van der Waals surface area (Å²) in [5.41, 5.74) is 1.30. The van der Waals surface area contributed by atoms with E-state index in [0.717, 1.165) is 43.6 Å². The molecule has 1 aromatic rings. The summed E-state index contributed by atoms with van der Waals surface area (Å²) in [7, 11) is 0. The van der Waals surface area contributed by atoms with Gasteiger partial charge in [0.1, 0.15) is 5.54 Å². The minimum Gasteiger partial charge on any atom is -0.339 e. The molecule has 0 radical (unpaired) electrons. The van der Waals surface area contributed by atoms with Gasteiger partial charge in [0.2, 0.25) is 5.91 Å². The van der Waals surface area contributed by atoms with Crippen molar-refractivity contribution in [2.75, 3.05) is 24.7 Å². The molecule has 1 N–H and O–H groups in total. The number of benzene rings is 1. The molecular formula is C24H37N3O. The van der Waals surface area contributed by atoms with Crippen molar-refractivity contribution in [1.29, 1.82) is 0 Å². The zero-order valence-corrected chi connectivity index (χ0v) is 17.9. The number of likely N-dealkylation sites (tertiary alicyclic amines) is 1. The van der Waals surface area contributed by atoms with E-state index < -0.39 is 0 Å². The Hall–Kier alpha value is -1.55. The first kappa shape index (κ1) is 19.8. The molecular weight excluding hydrogens is 346 g/mol. The summed E-state index contributed by atoms with van der Waals surface area (Å²) >= 11 is 0. The molecule has 4 heteroatoms. The molecule has 1 aliphatic carbocycles. The quantitative estimate of drug-likeness (QED) is 0.836. The van der Waals surface area contributed by atoms with Gasteiger partial charge in [0.25, 0.3) is 0 Å². The van der Waals surface area contributed by atoms with Gasteiger partial charge in [-0.2, -0.15) is 0 Å². The maximum atomic E-state index is 12.8. The van der Waals surface area contributed by atoms with Gasteiger partial charge in [0.15, 0.2) is 0 Å². The van der Waals surface area contributed by atoms with Gasteiger partial charge in [-0.3, -0.25) is 4.79 Å². The summed E-state index contributed by atoms with van der Waals surface area (Å²) in [6.07, 6.45) is 8.54. The lowest BCUT2D eigenvalue weighted by molar-refractivity contribution is -0.125. The Labute approximate surface area is 170 Å². The number of nitrogens with one attached hydrogen (secondary N) is 1. The van der Waals surface area contributed by atoms with Gasteiger partial charge >= 0.3 is 0 Å². The molecule has 2 aliphatic heterocycles. The van der Waals surface area contributed by atoms with E-state index in [2.05, 4.69) is 60.2 Å². The van der Waals surface area contributed by atoms with E-state index in [9.17, 15) is 4.79 Å². The number of hydrogen-bond donors (Lipinski definition) is 1. The van der Waals surface area contributed by atoms with Crippen LogP contribution in [0.4, 0.5) is 5.69 Å². The van der Waals surface area contributed by atoms with Crippen molar-refractivity contribution in [2.24, 2.45) is 11.3 Å². The highest BCUT2D eigenvalue weighted by Crippen LogP contribution is 2.43. The SMILES string of the molecule is CCC(C)(C)[C@H]1CC[C@H](N2CCC3(CC2)C(=O)NCN3c2ccccc2)CC1. The molecule has 154 valence electrons. The Balaban J connectivity index is 1.39. The molecule has 28 heavy (non-hydrogen) atoms. The third kappa shape index (κ3) is 3.45. The Morgan fingerprint density at radius 2 is 1.71 bits per heavy atom. The first-order valence-corrected chi connectivity index (χ1v) is 11.3. The molecule has 1 aromatic carbocycles. The molecule has 0 atom stereocenters. The van der Waals surface area contributed by atoms with Crippen LogP contribution in [0.3, 0.4) is 0 Å². The van der Waals surface area contributed by atoms with E-state index in [-0.39, 0.29) is 11.4 Å². The summed E-state index contributed by atoms with van der Waals surface area (Å²) < 4.78 is 0. The summed E-state index contributed by atoms with van der Waals surface area (Å²) in [6, 6.07) is 11.2. The first-order chi connectivity index (χ1) is 13.5. The number of nitrogens with zero attached hydrogens (tertiary/aromatic N) is 2. The number of para-hydroxylation sites is 1. The second-order valence-corrected chi connectivity index (χ2v) is 9.84. The Morgan fingerprint density at radius 1 is 1.07 bits per heavy atom. The van der Waals surface area contributed by atoms with Crippen LogP contribution < -0.4 is 10.2 Å². The molecule has 4 nitrogen and oxygen atoms in total. The van der Waals surface area contributed by atoms with Crippen LogP contribution in [0.25, 0.3) is 0 Å². The van der Waals surface area contributed by atoms with E-state index in [1.54, 1.807) is 0 Å². The van der Waals surface area contributed by atoms with Crippen LogP contribution in [-0.4, -0.2) is 42.1 Å². The Morgan fingerprint density at radius 3 is 2.32 bits per heavy atom. The van der Waals surface area contributed by atoms with Crippen LogP contribution in [0, 0.1) is 11.3 Å². The highest BCUT2D eigenvalue weighted by molar-refractivity contribution is 5.93. The standard InChI is InChI=1S/C24H37N3O/c1-4-23(2,3)19-10-12-20(13-11-19)26-16-14-24(15-17-26)22(28)25-18-27(24)21-8-6-5-7-9-21/h5-9,19-20H,4,10-18H2,1-3H3,(H,25,28)/t19-,20-. The molecule has 4 rings (SSSR count). The smallest absolute Gasteiger partial charge is 0.247 e. The van der Waals surface area contributed by atoms with Crippen molar-refractivity contribution in [1.82, 2.24) is 10.2 Å². The molecule has 1 amide bonds. The predicted molar refractivity (Wildman–Crippen MR) is 115 cm³/mol. The van der Waals surface area contributed by atoms with Crippen LogP contribution in [0.2, 0.25) is 0 Å². The molecule has 1 spiro atoms. The maximum Gasteiger partial charge on any atom is 0.247 e. The van der Waals surface area contributed by atoms with Gasteiger partial charge < -0.3 is 15.1 Å². The van der Waals surface area contributed by atoms with E-state index in [0.29, 0.717) is 12.1 Å². The van der Waals surface area contributed by atoms with Crippen LogP contribution in [0.15, 0.2) is 30.3 Å². The van der Waals surface area contributed by atoms with Crippen molar-refractivity contribution < 1.29 is 4.79 Å². The number of carbonyl (C=O) groups is 1.